The second kappa shape index (κ2) is 6.87. The molecule has 0 atom stereocenters. The van der Waals surface area contributed by atoms with E-state index in [0.29, 0.717) is 5.41 Å². The van der Waals surface area contributed by atoms with E-state index in [-0.39, 0.29) is 0 Å². The lowest BCUT2D eigenvalue weighted by atomic mass is 9.96. The molecule has 0 bridgehead atoms. The third kappa shape index (κ3) is 6.12. The number of allylic oxidation sites excluding steroid dienone is 2. The van der Waals surface area contributed by atoms with Crippen molar-refractivity contribution in [1.82, 2.24) is 0 Å². The minimum atomic E-state index is -0.728. The first-order valence-electron chi connectivity index (χ1n) is 6.85. The average molecular weight is 238 g/mol. The fourth-order valence-electron chi connectivity index (χ4n) is 2.77. The van der Waals surface area contributed by atoms with Crippen molar-refractivity contribution < 1.29 is 0 Å². The quantitative estimate of drug-likeness (QED) is 0.568. The molecule has 0 aliphatic heterocycles. The molecule has 0 spiro atoms. The highest BCUT2D eigenvalue weighted by atomic mass is 27.2. The van der Waals surface area contributed by atoms with Gasteiger partial charge in [-0.2, -0.15) is 0 Å². The number of rotatable bonds is 5. The van der Waals surface area contributed by atoms with E-state index in [1.807, 2.05) is 0 Å². The predicted molar refractivity (Wildman–Crippen MR) is 78.3 cm³/mol. The van der Waals surface area contributed by atoms with Crippen molar-refractivity contribution in [3.63, 3.8) is 0 Å². The van der Waals surface area contributed by atoms with Crippen LogP contribution in [0.25, 0.3) is 0 Å². The van der Waals surface area contributed by atoms with Gasteiger partial charge in [0.05, 0.1) is 0 Å². The normalized spacial score (nSPS) is 13.8. The molecule has 94 valence electrons. The molecule has 0 saturated carbocycles. The maximum atomic E-state index is 2.42. The Kier molecular flexibility index (Phi) is 6.99. The van der Waals surface area contributed by atoms with Crippen LogP contribution in [0, 0.1) is 17.3 Å². The van der Waals surface area contributed by atoms with E-state index in [9.17, 15) is 0 Å². The molecule has 0 rings (SSSR count). The SMILES string of the molecule is C/C=[C](/[Al]([CH2]C(C)C)[CH2]C(C)C)C(C)(C)C. The third-order valence-electron chi connectivity index (χ3n) is 3.13. The van der Waals surface area contributed by atoms with Crippen molar-refractivity contribution in [2.45, 2.75) is 66.0 Å². The van der Waals surface area contributed by atoms with Gasteiger partial charge in [-0.3, -0.25) is 0 Å². The Labute approximate surface area is 108 Å². The molecule has 0 aliphatic carbocycles. The van der Waals surface area contributed by atoms with Gasteiger partial charge in [-0.15, -0.1) is 10.5 Å². The Morgan fingerprint density at radius 3 is 1.56 bits per heavy atom. The summed E-state index contributed by atoms with van der Waals surface area (Å²) in [5, 5.41) is 2.93. The standard InChI is InChI=1S/C7H13.2C4H9.Al/c1-5-6-7(2,3)4;2*1-4(2)3;/h5H,1-4H3;2*4H,1H2,2-3H3;. The second-order valence-electron chi connectivity index (χ2n) is 6.95. The molecule has 0 nitrogen and oxygen atoms in total. The summed E-state index contributed by atoms with van der Waals surface area (Å²) in [6.45, 7) is 18.9. The van der Waals surface area contributed by atoms with Crippen molar-refractivity contribution >= 4 is 14.1 Å². The first-order chi connectivity index (χ1) is 7.18. The first kappa shape index (κ1) is 16.3. The predicted octanol–water partition coefficient (Wildman–Crippen LogP) is 5.32. The summed E-state index contributed by atoms with van der Waals surface area (Å²) >= 11 is -0.728. The zero-order chi connectivity index (χ0) is 12.9. The van der Waals surface area contributed by atoms with Gasteiger partial charge in [0.2, 0.25) is 0 Å². The molecule has 0 radical (unpaired) electrons. The molecule has 0 aromatic heterocycles. The molecule has 0 fully saturated rings. The van der Waals surface area contributed by atoms with Crippen LogP contribution in [0.1, 0.15) is 55.4 Å². The zero-order valence-corrected chi connectivity index (χ0v) is 13.9. The summed E-state index contributed by atoms with van der Waals surface area (Å²) in [5.41, 5.74) is 0.384. The van der Waals surface area contributed by atoms with Gasteiger partial charge in [0, 0.05) is 0 Å². The van der Waals surface area contributed by atoms with Gasteiger partial charge >= 0.3 is 0 Å². The van der Waals surface area contributed by atoms with E-state index in [0.717, 1.165) is 11.8 Å². The molecule has 0 aromatic rings. The summed E-state index contributed by atoms with van der Waals surface area (Å²) in [6.07, 6.45) is 2.42. The summed E-state index contributed by atoms with van der Waals surface area (Å²) in [5.74, 6) is 1.71. The molecule has 0 saturated heterocycles. The van der Waals surface area contributed by atoms with Gasteiger partial charge < -0.3 is 0 Å². The van der Waals surface area contributed by atoms with E-state index in [2.05, 4.69) is 61.5 Å². The highest BCUT2D eigenvalue weighted by molar-refractivity contribution is 6.67. The van der Waals surface area contributed by atoms with Gasteiger partial charge in [-0.05, 0) is 12.3 Å². The maximum Gasteiger partial charge on any atom is 0.300 e. The fraction of sp³-hybridized carbons (Fsp3) is 0.867. The molecule has 0 N–H and O–H groups in total. The van der Waals surface area contributed by atoms with Crippen molar-refractivity contribution in [3.05, 3.63) is 10.5 Å². The van der Waals surface area contributed by atoms with Gasteiger partial charge in [0.15, 0.2) is 0 Å². The Morgan fingerprint density at radius 2 is 1.38 bits per heavy atom. The molecule has 0 unspecified atom stereocenters. The van der Waals surface area contributed by atoms with Crippen LogP contribution in [0.4, 0.5) is 0 Å². The molecule has 16 heavy (non-hydrogen) atoms. The Balaban J connectivity index is 4.85. The fourth-order valence-corrected chi connectivity index (χ4v) is 7.44. The van der Waals surface area contributed by atoms with Crippen molar-refractivity contribution in [2.24, 2.45) is 17.3 Å². The van der Waals surface area contributed by atoms with Gasteiger partial charge in [0.1, 0.15) is 0 Å². The monoisotopic (exact) mass is 238 g/mol. The lowest BCUT2D eigenvalue weighted by Crippen LogP contribution is -2.28. The van der Waals surface area contributed by atoms with E-state index < -0.39 is 14.1 Å². The lowest BCUT2D eigenvalue weighted by molar-refractivity contribution is 0.521. The van der Waals surface area contributed by atoms with Gasteiger partial charge in [-0.1, -0.05) is 70.9 Å². The third-order valence-corrected chi connectivity index (χ3v) is 8.23. The Hall–Kier alpha value is 0.272. The van der Waals surface area contributed by atoms with Crippen LogP contribution in [0.5, 0.6) is 0 Å². The van der Waals surface area contributed by atoms with Gasteiger partial charge in [0.25, 0.3) is 14.1 Å². The first-order valence-corrected chi connectivity index (χ1v) is 9.06. The molecule has 0 amide bonds. The minimum Gasteiger partial charge on any atom is -0.130 e. The van der Waals surface area contributed by atoms with Crippen LogP contribution >= 0.6 is 0 Å². The lowest BCUT2D eigenvalue weighted by Gasteiger charge is -2.30. The van der Waals surface area contributed by atoms with Crippen LogP contribution in [-0.4, -0.2) is 14.1 Å². The molecule has 1 heteroatoms. The topological polar surface area (TPSA) is 0 Å². The van der Waals surface area contributed by atoms with Crippen molar-refractivity contribution in [1.29, 1.82) is 0 Å². The Morgan fingerprint density at radius 1 is 1.00 bits per heavy atom. The molecule has 0 heterocycles. The van der Waals surface area contributed by atoms with E-state index in [1.165, 1.54) is 10.6 Å². The van der Waals surface area contributed by atoms with Crippen molar-refractivity contribution in [2.75, 3.05) is 0 Å². The largest absolute Gasteiger partial charge is 0.300 e. The highest BCUT2D eigenvalue weighted by Crippen LogP contribution is 2.33. The minimum absolute atomic E-state index is 0.384. The zero-order valence-electron chi connectivity index (χ0n) is 12.7. The highest BCUT2D eigenvalue weighted by Gasteiger charge is 2.30. The summed E-state index contributed by atoms with van der Waals surface area (Å²) in [6, 6.07) is 0. The van der Waals surface area contributed by atoms with Crippen LogP contribution in [0.3, 0.4) is 0 Å². The number of hydrogen-bond donors (Lipinski definition) is 0. The molecule has 0 aliphatic rings. The molecular weight excluding hydrogens is 207 g/mol. The number of hydrogen-bond acceptors (Lipinski definition) is 0. The van der Waals surface area contributed by atoms with Crippen molar-refractivity contribution in [3.8, 4) is 0 Å². The van der Waals surface area contributed by atoms with Crippen LogP contribution in [0.2, 0.25) is 10.6 Å². The van der Waals surface area contributed by atoms with E-state index in [4.69, 9.17) is 0 Å². The van der Waals surface area contributed by atoms with E-state index in [1.54, 1.807) is 4.44 Å². The summed E-state index contributed by atoms with van der Waals surface area (Å²) in [4.78, 5) is 0. The molecule has 0 aromatic carbocycles. The Bertz CT molecular complexity index is 208. The van der Waals surface area contributed by atoms with Crippen LogP contribution in [0.15, 0.2) is 10.5 Å². The summed E-state index contributed by atoms with van der Waals surface area (Å²) < 4.78 is 1.79. The smallest absolute Gasteiger partial charge is 0.130 e. The molecular formula is C15H31Al. The van der Waals surface area contributed by atoms with Crippen LogP contribution < -0.4 is 0 Å². The van der Waals surface area contributed by atoms with Crippen LogP contribution in [-0.2, 0) is 0 Å². The summed E-state index contributed by atoms with van der Waals surface area (Å²) in [7, 11) is 0. The maximum absolute atomic E-state index is 2.42. The van der Waals surface area contributed by atoms with Gasteiger partial charge in [-0.25, -0.2) is 0 Å². The average Bonchev–Trinajstić information content (AvgIpc) is 1.99. The second-order valence-corrected chi connectivity index (χ2v) is 9.91. The van der Waals surface area contributed by atoms with E-state index >= 15 is 0 Å².